The molecule has 1 saturated heterocycles. The Kier molecular flexibility index (Phi) is 2.03. The van der Waals surface area contributed by atoms with E-state index in [-0.39, 0.29) is 12.6 Å². The fraction of sp³-hybridized carbons (Fsp3) is 1.00. The lowest BCUT2D eigenvalue weighted by Crippen LogP contribution is -2.33. The number of likely N-dealkylation sites (tertiary alicyclic amines) is 1. The number of aliphatic hydroxyl groups excluding tert-OH is 1. The van der Waals surface area contributed by atoms with E-state index in [4.69, 9.17) is 5.11 Å². The first-order valence-corrected chi connectivity index (χ1v) is 3.21. The van der Waals surface area contributed by atoms with Crippen molar-refractivity contribution >= 4 is 0 Å². The molecule has 1 rings (SSSR count). The Morgan fingerprint density at radius 1 is 1.78 bits per heavy atom. The van der Waals surface area contributed by atoms with Crippen molar-refractivity contribution in [3.63, 3.8) is 0 Å². The first-order valence-electron chi connectivity index (χ1n) is 3.21. The highest BCUT2D eigenvalue weighted by atomic mass is 19.1. The second-order valence-corrected chi connectivity index (χ2v) is 2.54. The molecule has 9 heavy (non-hydrogen) atoms. The monoisotopic (exact) mass is 133 g/mol. The van der Waals surface area contributed by atoms with Crippen LogP contribution in [0.5, 0.6) is 0 Å². The third-order valence-corrected chi connectivity index (χ3v) is 1.93. The van der Waals surface area contributed by atoms with Gasteiger partial charge < -0.3 is 5.11 Å². The Morgan fingerprint density at radius 2 is 2.44 bits per heavy atom. The molecule has 0 aromatic heterocycles. The molecular weight excluding hydrogens is 121 g/mol. The first-order chi connectivity index (χ1) is 4.25. The Hall–Kier alpha value is -0.150. The topological polar surface area (TPSA) is 23.5 Å². The molecule has 1 heterocycles. The number of rotatable bonds is 1. The third-order valence-electron chi connectivity index (χ3n) is 1.93. The summed E-state index contributed by atoms with van der Waals surface area (Å²) in [7, 11) is 1.83. The lowest BCUT2D eigenvalue weighted by molar-refractivity contribution is 0.135. The van der Waals surface area contributed by atoms with Crippen molar-refractivity contribution in [3.05, 3.63) is 0 Å². The lowest BCUT2D eigenvalue weighted by atomic mass is 10.2. The summed E-state index contributed by atoms with van der Waals surface area (Å²) in [6.07, 6.45) is -0.248. The zero-order chi connectivity index (χ0) is 6.85. The fourth-order valence-corrected chi connectivity index (χ4v) is 1.22. The van der Waals surface area contributed by atoms with Crippen LogP contribution in [-0.2, 0) is 0 Å². The summed E-state index contributed by atoms with van der Waals surface area (Å²) in [5, 5.41) is 8.63. The van der Waals surface area contributed by atoms with Gasteiger partial charge in [0, 0.05) is 6.54 Å². The minimum atomic E-state index is -0.819. The van der Waals surface area contributed by atoms with Gasteiger partial charge in [0.15, 0.2) is 0 Å². The second kappa shape index (κ2) is 2.62. The van der Waals surface area contributed by atoms with Gasteiger partial charge in [0.05, 0.1) is 12.6 Å². The molecule has 2 nitrogen and oxygen atoms in total. The van der Waals surface area contributed by atoms with Gasteiger partial charge in [0.2, 0.25) is 0 Å². The summed E-state index contributed by atoms with van der Waals surface area (Å²) >= 11 is 0. The van der Waals surface area contributed by atoms with Gasteiger partial charge in [-0.1, -0.05) is 0 Å². The van der Waals surface area contributed by atoms with Crippen molar-refractivity contribution in [1.29, 1.82) is 0 Å². The first kappa shape index (κ1) is 6.96. The van der Waals surface area contributed by atoms with E-state index in [0.29, 0.717) is 6.42 Å². The Balaban J connectivity index is 2.44. The molecule has 0 aromatic rings. The molecule has 0 aliphatic carbocycles. The molecule has 1 N–H and O–H groups in total. The highest BCUT2D eigenvalue weighted by molar-refractivity contribution is 4.84. The van der Waals surface area contributed by atoms with E-state index < -0.39 is 6.17 Å². The molecule has 1 aliphatic rings. The summed E-state index contributed by atoms with van der Waals surface area (Å²) < 4.78 is 12.6. The molecule has 0 spiro atoms. The number of nitrogens with zero attached hydrogens (tertiary/aromatic N) is 1. The van der Waals surface area contributed by atoms with Gasteiger partial charge in [-0.15, -0.1) is 0 Å². The average Bonchev–Trinajstić information content (AvgIpc) is 2.12. The van der Waals surface area contributed by atoms with Crippen LogP contribution in [0.25, 0.3) is 0 Å². The molecule has 1 aliphatic heterocycles. The molecule has 2 atom stereocenters. The number of aliphatic hydroxyl groups is 1. The van der Waals surface area contributed by atoms with E-state index in [9.17, 15) is 4.39 Å². The summed E-state index contributed by atoms with van der Waals surface area (Å²) in [6, 6.07) is -0.245. The number of hydrogen-bond donors (Lipinski definition) is 1. The van der Waals surface area contributed by atoms with Gasteiger partial charge in [-0.3, -0.25) is 4.90 Å². The normalized spacial score (nSPS) is 37.7. The van der Waals surface area contributed by atoms with Crippen molar-refractivity contribution in [2.75, 3.05) is 20.2 Å². The molecule has 54 valence electrons. The molecule has 0 unspecified atom stereocenters. The molecule has 1 fully saturated rings. The SMILES string of the molecule is CN1CC[C@@H](F)[C@H]1CO. The lowest BCUT2D eigenvalue weighted by Gasteiger charge is -2.17. The molecule has 0 amide bonds. The van der Waals surface area contributed by atoms with Gasteiger partial charge in [-0.05, 0) is 13.5 Å². The molecular formula is C6H12FNO. The highest BCUT2D eigenvalue weighted by Gasteiger charge is 2.30. The van der Waals surface area contributed by atoms with Crippen LogP contribution in [0.4, 0.5) is 4.39 Å². The largest absolute Gasteiger partial charge is 0.395 e. The van der Waals surface area contributed by atoms with Gasteiger partial charge in [-0.25, -0.2) is 4.39 Å². The minimum absolute atomic E-state index is 0.0579. The highest BCUT2D eigenvalue weighted by Crippen LogP contribution is 2.17. The van der Waals surface area contributed by atoms with Crippen molar-refractivity contribution in [1.82, 2.24) is 4.90 Å². The van der Waals surface area contributed by atoms with E-state index >= 15 is 0 Å². The van der Waals surface area contributed by atoms with E-state index in [1.54, 1.807) is 0 Å². The summed E-state index contributed by atoms with van der Waals surface area (Å²) in [4.78, 5) is 1.85. The third kappa shape index (κ3) is 1.22. The van der Waals surface area contributed by atoms with Crippen LogP contribution in [0.3, 0.4) is 0 Å². The smallest absolute Gasteiger partial charge is 0.119 e. The number of alkyl halides is 1. The molecule has 0 bridgehead atoms. The second-order valence-electron chi connectivity index (χ2n) is 2.54. The van der Waals surface area contributed by atoms with Crippen LogP contribution < -0.4 is 0 Å². The predicted octanol–water partition coefficient (Wildman–Crippen LogP) is 0.0209. The molecule has 0 aromatic carbocycles. The summed E-state index contributed by atoms with van der Waals surface area (Å²) in [5.74, 6) is 0. The number of halogens is 1. The molecule has 3 heteroatoms. The van der Waals surface area contributed by atoms with Crippen LogP contribution in [0.2, 0.25) is 0 Å². The predicted molar refractivity (Wildman–Crippen MR) is 33.0 cm³/mol. The zero-order valence-corrected chi connectivity index (χ0v) is 5.55. The average molecular weight is 133 g/mol. The van der Waals surface area contributed by atoms with Crippen LogP contribution in [0.1, 0.15) is 6.42 Å². The van der Waals surface area contributed by atoms with E-state index in [0.717, 1.165) is 6.54 Å². The van der Waals surface area contributed by atoms with Gasteiger partial charge in [0.1, 0.15) is 6.17 Å². The van der Waals surface area contributed by atoms with Crippen LogP contribution in [0.15, 0.2) is 0 Å². The number of hydrogen-bond acceptors (Lipinski definition) is 2. The van der Waals surface area contributed by atoms with Crippen molar-refractivity contribution in [3.8, 4) is 0 Å². The maximum absolute atomic E-state index is 12.6. The van der Waals surface area contributed by atoms with Gasteiger partial charge in [-0.2, -0.15) is 0 Å². The number of likely N-dealkylation sites (N-methyl/N-ethyl adjacent to an activating group) is 1. The van der Waals surface area contributed by atoms with Crippen LogP contribution in [0, 0.1) is 0 Å². The standard InChI is InChI=1S/C6H12FNO/c1-8-3-2-5(7)6(8)4-9/h5-6,9H,2-4H2,1H3/t5-,6-/m1/s1. The van der Waals surface area contributed by atoms with Crippen molar-refractivity contribution in [2.24, 2.45) is 0 Å². The minimum Gasteiger partial charge on any atom is -0.395 e. The van der Waals surface area contributed by atoms with Crippen molar-refractivity contribution in [2.45, 2.75) is 18.6 Å². The molecule has 0 radical (unpaired) electrons. The quantitative estimate of drug-likeness (QED) is 0.545. The van der Waals surface area contributed by atoms with Gasteiger partial charge >= 0.3 is 0 Å². The van der Waals surface area contributed by atoms with E-state index in [1.165, 1.54) is 0 Å². The Bertz CT molecular complexity index is 89.1. The molecule has 0 saturated carbocycles. The Labute approximate surface area is 54.3 Å². The van der Waals surface area contributed by atoms with Crippen LogP contribution in [-0.4, -0.2) is 42.4 Å². The zero-order valence-electron chi connectivity index (χ0n) is 5.55. The van der Waals surface area contributed by atoms with Gasteiger partial charge in [0.25, 0.3) is 0 Å². The van der Waals surface area contributed by atoms with E-state index in [1.807, 2.05) is 11.9 Å². The maximum Gasteiger partial charge on any atom is 0.119 e. The summed E-state index contributed by atoms with van der Waals surface area (Å²) in [6.45, 7) is 0.712. The van der Waals surface area contributed by atoms with Crippen molar-refractivity contribution < 1.29 is 9.50 Å². The van der Waals surface area contributed by atoms with E-state index in [2.05, 4.69) is 0 Å². The summed E-state index contributed by atoms with van der Waals surface area (Å²) in [5.41, 5.74) is 0. The fourth-order valence-electron chi connectivity index (χ4n) is 1.22. The Morgan fingerprint density at radius 3 is 2.67 bits per heavy atom. The van der Waals surface area contributed by atoms with Crippen LogP contribution >= 0.6 is 0 Å². The maximum atomic E-state index is 12.6.